The molecular formula is C11H16N5O7P. The fourth-order valence-corrected chi connectivity index (χ4v) is 3.43. The standard InChI is InChI=1S/C11H16N5O7P/c1-4-6(23-24(19,20)21)7(17)11(2,22-4)16-3-13-5-8(16)14-10(12)15-9(5)18/h3-4,6-7,17H,1-2H3,(H2,19,20,21)(H3,12,14,15,18)/t4-,6-,7-,11-/m1/s1. The van der Waals surface area contributed by atoms with Crippen LogP contribution >= 0.6 is 7.82 Å². The third-order valence-electron chi connectivity index (χ3n) is 3.91. The number of phosphoric acid groups is 1. The lowest BCUT2D eigenvalue weighted by Crippen LogP contribution is -2.43. The molecule has 0 amide bonds. The predicted molar refractivity (Wildman–Crippen MR) is 79.7 cm³/mol. The van der Waals surface area contributed by atoms with Crippen LogP contribution in [0.25, 0.3) is 11.2 Å². The molecule has 0 unspecified atom stereocenters. The summed E-state index contributed by atoms with van der Waals surface area (Å²) in [5.74, 6) is -0.151. The van der Waals surface area contributed by atoms with Gasteiger partial charge in [-0.15, -0.1) is 0 Å². The van der Waals surface area contributed by atoms with Crippen molar-refractivity contribution in [2.24, 2.45) is 0 Å². The van der Waals surface area contributed by atoms with E-state index in [-0.39, 0.29) is 17.1 Å². The van der Waals surface area contributed by atoms with Crippen molar-refractivity contribution in [3.63, 3.8) is 0 Å². The molecule has 13 heteroatoms. The van der Waals surface area contributed by atoms with E-state index in [9.17, 15) is 14.5 Å². The van der Waals surface area contributed by atoms with Crippen molar-refractivity contribution in [3.8, 4) is 0 Å². The van der Waals surface area contributed by atoms with Crippen LogP contribution in [-0.4, -0.2) is 52.7 Å². The molecule has 24 heavy (non-hydrogen) atoms. The highest BCUT2D eigenvalue weighted by molar-refractivity contribution is 7.46. The van der Waals surface area contributed by atoms with Crippen LogP contribution in [0.1, 0.15) is 13.8 Å². The summed E-state index contributed by atoms with van der Waals surface area (Å²) in [4.78, 5) is 40.0. The molecular weight excluding hydrogens is 345 g/mol. The zero-order valence-corrected chi connectivity index (χ0v) is 13.5. The molecule has 0 bridgehead atoms. The maximum atomic E-state index is 11.8. The first-order valence-corrected chi connectivity index (χ1v) is 8.39. The molecule has 6 N–H and O–H groups in total. The molecule has 0 saturated carbocycles. The van der Waals surface area contributed by atoms with Gasteiger partial charge in [-0.3, -0.25) is 18.9 Å². The minimum absolute atomic E-state index is 0.0202. The summed E-state index contributed by atoms with van der Waals surface area (Å²) in [7, 11) is -4.84. The molecule has 1 fully saturated rings. The Morgan fingerprint density at radius 2 is 2.21 bits per heavy atom. The molecule has 0 aliphatic carbocycles. The van der Waals surface area contributed by atoms with Gasteiger partial charge in [0.2, 0.25) is 5.95 Å². The van der Waals surface area contributed by atoms with Gasteiger partial charge in [0, 0.05) is 0 Å². The van der Waals surface area contributed by atoms with E-state index in [1.165, 1.54) is 24.7 Å². The van der Waals surface area contributed by atoms with Crippen LogP contribution in [-0.2, 0) is 19.6 Å². The number of phosphoric ester groups is 1. The predicted octanol–water partition coefficient (Wildman–Crippen LogP) is -1.37. The number of ether oxygens (including phenoxy) is 1. The van der Waals surface area contributed by atoms with Gasteiger partial charge in [-0.25, -0.2) is 9.55 Å². The van der Waals surface area contributed by atoms with Gasteiger partial charge >= 0.3 is 7.82 Å². The number of hydrogen-bond acceptors (Lipinski definition) is 8. The van der Waals surface area contributed by atoms with Crippen LogP contribution < -0.4 is 11.3 Å². The zero-order valence-electron chi connectivity index (χ0n) is 12.7. The Labute approximate surface area is 134 Å². The number of anilines is 1. The number of nitrogens with one attached hydrogen (secondary N) is 1. The lowest BCUT2D eigenvalue weighted by molar-refractivity contribution is -0.122. The van der Waals surface area contributed by atoms with Gasteiger partial charge in [-0.05, 0) is 13.8 Å². The highest BCUT2D eigenvalue weighted by atomic mass is 31.2. The number of nitrogens with two attached hydrogens (primary N) is 1. The first-order valence-electron chi connectivity index (χ1n) is 6.86. The van der Waals surface area contributed by atoms with E-state index in [1.807, 2.05) is 0 Å². The number of hydrogen-bond donors (Lipinski definition) is 5. The van der Waals surface area contributed by atoms with Gasteiger partial charge in [-0.2, -0.15) is 4.98 Å². The van der Waals surface area contributed by atoms with E-state index in [0.717, 1.165) is 0 Å². The molecule has 0 spiro atoms. The molecule has 3 rings (SSSR count). The van der Waals surface area contributed by atoms with E-state index < -0.39 is 37.4 Å². The number of imidazole rings is 1. The summed E-state index contributed by atoms with van der Waals surface area (Å²) in [5, 5.41) is 10.5. The second-order valence-corrected chi connectivity index (χ2v) is 6.81. The first kappa shape index (κ1) is 17.0. The summed E-state index contributed by atoms with van der Waals surface area (Å²) < 4.78 is 22.7. The van der Waals surface area contributed by atoms with Gasteiger partial charge in [0.05, 0.1) is 12.4 Å². The molecule has 4 atom stereocenters. The highest BCUT2D eigenvalue weighted by Crippen LogP contribution is 2.46. The topological polar surface area (TPSA) is 186 Å². The van der Waals surface area contributed by atoms with Crippen molar-refractivity contribution in [2.45, 2.75) is 37.9 Å². The Kier molecular flexibility index (Phi) is 3.79. The zero-order chi connectivity index (χ0) is 17.9. The average molecular weight is 361 g/mol. The largest absolute Gasteiger partial charge is 0.470 e. The SMILES string of the molecule is C[C@H]1O[C@@](C)(n2cnc3c(=O)[nH]c(N)nc32)[C@H](O)[C@@H]1OP(=O)(O)O. The van der Waals surface area contributed by atoms with E-state index in [1.54, 1.807) is 0 Å². The summed E-state index contributed by atoms with van der Waals surface area (Å²) in [5.41, 5.74) is 3.47. The van der Waals surface area contributed by atoms with Crippen molar-refractivity contribution in [1.82, 2.24) is 19.5 Å². The smallest absolute Gasteiger partial charge is 0.385 e. The third kappa shape index (κ3) is 2.62. The van der Waals surface area contributed by atoms with E-state index in [0.29, 0.717) is 0 Å². The number of aromatic amines is 1. The van der Waals surface area contributed by atoms with Gasteiger partial charge in [0.15, 0.2) is 16.9 Å². The minimum atomic E-state index is -4.84. The van der Waals surface area contributed by atoms with E-state index in [2.05, 4.69) is 19.5 Å². The number of nitrogen functional groups attached to an aromatic ring is 1. The fraction of sp³-hybridized carbons (Fsp3) is 0.545. The Balaban J connectivity index is 2.09. The molecule has 2 aromatic rings. The monoisotopic (exact) mass is 361 g/mol. The minimum Gasteiger partial charge on any atom is -0.385 e. The van der Waals surface area contributed by atoms with Crippen molar-refractivity contribution >= 4 is 24.9 Å². The van der Waals surface area contributed by atoms with E-state index >= 15 is 0 Å². The molecule has 1 aliphatic rings. The van der Waals surface area contributed by atoms with Crippen molar-refractivity contribution in [2.75, 3.05) is 5.73 Å². The van der Waals surface area contributed by atoms with E-state index in [4.69, 9.17) is 20.3 Å². The average Bonchev–Trinajstić information content (AvgIpc) is 2.94. The number of fused-ring (bicyclic) bond motifs is 1. The second-order valence-electron chi connectivity index (χ2n) is 5.62. The number of aromatic nitrogens is 4. The maximum Gasteiger partial charge on any atom is 0.470 e. The number of aliphatic hydroxyl groups excluding tert-OH is 1. The molecule has 132 valence electrons. The van der Waals surface area contributed by atoms with Crippen LogP contribution in [0.15, 0.2) is 11.1 Å². The van der Waals surface area contributed by atoms with Crippen LogP contribution in [0.2, 0.25) is 0 Å². The lowest BCUT2D eigenvalue weighted by atomic mass is 10.0. The molecule has 12 nitrogen and oxygen atoms in total. The Morgan fingerprint density at radius 1 is 1.54 bits per heavy atom. The summed E-state index contributed by atoms with van der Waals surface area (Å²) in [6.45, 7) is 2.94. The summed E-state index contributed by atoms with van der Waals surface area (Å²) >= 11 is 0. The summed E-state index contributed by atoms with van der Waals surface area (Å²) in [6.07, 6.45) is -2.40. The number of nitrogens with zero attached hydrogens (tertiary/aromatic N) is 3. The quantitative estimate of drug-likeness (QED) is 0.408. The van der Waals surface area contributed by atoms with Gasteiger partial charge < -0.3 is 25.4 Å². The summed E-state index contributed by atoms with van der Waals surface area (Å²) in [6, 6.07) is 0. The fourth-order valence-electron chi connectivity index (χ4n) is 2.83. The first-order chi connectivity index (χ1) is 11.0. The number of aliphatic hydroxyl groups is 1. The molecule has 0 aromatic carbocycles. The Morgan fingerprint density at radius 3 is 2.83 bits per heavy atom. The van der Waals surface area contributed by atoms with Crippen LogP contribution in [0.5, 0.6) is 0 Å². The molecule has 1 saturated heterocycles. The van der Waals surface area contributed by atoms with Crippen LogP contribution in [0.4, 0.5) is 5.95 Å². The number of H-pyrrole nitrogens is 1. The molecule has 1 aliphatic heterocycles. The van der Waals surface area contributed by atoms with Crippen LogP contribution in [0, 0.1) is 0 Å². The van der Waals surface area contributed by atoms with Crippen molar-refractivity contribution in [1.29, 1.82) is 0 Å². The van der Waals surface area contributed by atoms with Crippen molar-refractivity contribution in [3.05, 3.63) is 16.7 Å². The molecule has 0 radical (unpaired) electrons. The highest BCUT2D eigenvalue weighted by Gasteiger charge is 2.54. The Bertz CT molecular complexity index is 891. The number of rotatable bonds is 3. The van der Waals surface area contributed by atoms with Crippen LogP contribution in [0.3, 0.4) is 0 Å². The maximum absolute atomic E-state index is 11.8. The molecule has 3 heterocycles. The second kappa shape index (κ2) is 5.34. The van der Waals surface area contributed by atoms with Gasteiger partial charge in [-0.1, -0.05) is 0 Å². The Hall–Kier alpha value is -1.82. The molecule has 2 aromatic heterocycles. The van der Waals surface area contributed by atoms with Crippen molar-refractivity contribution < 1.29 is 28.7 Å². The van der Waals surface area contributed by atoms with Gasteiger partial charge in [0.25, 0.3) is 5.56 Å². The third-order valence-corrected chi connectivity index (χ3v) is 4.43. The van der Waals surface area contributed by atoms with Gasteiger partial charge in [0.1, 0.15) is 12.2 Å². The lowest BCUT2D eigenvalue weighted by Gasteiger charge is -2.29. The normalized spacial score (nSPS) is 31.0.